The molecule has 4 heteroatoms. The third-order valence-electron chi connectivity index (χ3n) is 10.7. The van der Waals surface area contributed by atoms with Crippen LogP contribution in [0.25, 0.3) is 0 Å². The van der Waals surface area contributed by atoms with Crippen LogP contribution in [0.5, 0.6) is 0 Å². The summed E-state index contributed by atoms with van der Waals surface area (Å²) in [7, 11) is 0. The first-order chi connectivity index (χ1) is 15.4. The van der Waals surface area contributed by atoms with Crippen LogP contribution in [0.1, 0.15) is 91.4 Å². The van der Waals surface area contributed by atoms with Crippen molar-refractivity contribution in [2.24, 2.45) is 39.7 Å². The van der Waals surface area contributed by atoms with E-state index in [-0.39, 0.29) is 6.10 Å². The zero-order valence-electron chi connectivity index (χ0n) is 20.8. The van der Waals surface area contributed by atoms with Gasteiger partial charge in [0.1, 0.15) is 6.61 Å². The minimum absolute atomic E-state index is 0.107. The molecular formula is C28H46N2O2. The van der Waals surface area contributed by atoms with Gasteiger partial charge in [0.05, 0.1) is 11.8 Å². The molecule has 0 amide bonds. The van der Waals surface area contributed by atoms with Gasteiger partial charge in [0, 0.05) is 12.5 Å². The summed E-state index contributed by atoms with van der Waals surface area (Å²) < 4.78 is 0. The number of allylic oxidation sites excluding steroid dienone is 1. The Kier molecular flexibility index (Phi) is 6.48. The molecule has 5 aliphatic rings. The number of aliphatic hydroxyl groups excluding tert-OH is 1. The Bertz CT molecular complexity index is 742. The highest BCUT2D eigenvalue weighted by Crippen LogP contribution is 2.66. The van der Waals surface area contributed by atoms with Crippen molar-refractivity contribution in [3.8, 4) is 0 Å². The second kappa shape index (κ2) is 9.06. The van der Waals surface area contributed by atoms with Crippen molar-refractivity contribution in [3.63, 3.8) is 0 Å². The smallest absolute Gasteiger partial charge is 0.129 e. The van der Waals surface area contributed by atoms with Crippen molar-refractivity contribution in [2.75, 3.05) is 26.2 Å². The van der Waals surface area contributed by atoms with Crippen LogP contribution in [0.2, 0.25) is 0 Å². The van der Waals surface area contributed by atoms with Crippen LogP contribution in [-0.2, 0) is 4.84 Å². The Labute approximate surface area is 195 Å². The number of fused-ring (bicyclic) bond motifs is 5. The van der Waals surface area contributed by atoms with Crippen LogP contribution < -0.4 is 0 Å². The number of hydrogen-bond acceptors (Lipinski definition) is 4. The maximum Gasteiger partial charge on any atom is 0.129 e. The first-order valence-electron chi connectivity index (χ1n) is 13.7. The van der Waals surface area contributed by atoms with Crippen LogP contribution in [0.15, 0.2) is 16.8 Å². The molecule has 32 heavy (non-hydrogen) atoms. The molecule has 180 valence electrons. The topological polar surface area (TPSA) is 45.1 Å². The Morgan fingerprint density at radius 3 is 2.72 bits per heavy atom. The van der Waals surface area contributed by atoms with Crippen LogP contribution >= 0.6 is 0 Å². The molecule has 3 saturated carbocycles. The fourth-order valence-corrected chi connectivity index (χ4v) is 8.89. The average Bonchev–Trinajstić information content (AvgIpc) is 3.15. The summed E-state index contributed by atoms with van der Waals surface area (Å²) in [6.45, 7) is 11.5. The second-order valence-corrected chi connectivity index (χ2v) is 12.3. The van der Waals surface area contributed by atoms with Crippen molar-refractivity contribution in [2.45, 2.75) is 97.5 Å². The van der Waals surface area contributed by atoms with Crippen LogP contribution in [-0.4, -0.2) is 48.1 Å². The molecule has 1 aliphatic heterocycles. The van der Waals surface area contributed by atoms with Gasteiger partial charge < -0.3 is 9.94 Å². The van der Waals surface area contributed by atoms with E-state index in [9.17, 15) is 5.11 Å². The third-order valence-corrected chi connectivity index (χ3v) is 10.7. The van der Waals surface area contributed by atoms with Gasteiger partial charge in [0.25, 0.3) is 0 Å². The first-order valence-corrected chi connectivity index (χ1v) is 13.7. The highest BCUT2D eigenvalue weighted by atomic mass is 16.6. The summed E-state index contributed by atoms with van der Waals surface area (Å²) in [5.41, 5.74) is 3.53. The standard InChI is InChI=1S/C28H46N2O2/c1-20(29-32-18-17-30-15-5-4-6-16-30)24-9-10-25-23-8-7-21-19-22(31)11-13-27(21,2)26(23)12-14-28(24,25)3/h7,22-26,31H,4-6,8-19H2,1-3H3. The molecule has 7 atom stereocenters. The third kappa shape index (κ3) is 3.98. The molecule has 4 aliphatic carbocycles. The van der Waals surface area contributed by atoms with E-state index in [2.05, 4.69) is 36.9 Å². The fourth-order valence-electron chi connectivity index (χ4n) is 8.89. The lowest BCUT2D eigenvalue weighted by Crippen LogP contribution is -2.50. The van der Waals surface area contributed by atoms with Gasteiger partial charge >= 0.3 is 0 Å². The van der Waals surface area contributed by atoms with Gasteiger partial charge in [0.15, 0.2) is 0 Å². The van der Waals surface area contributed by atoms with Crippen molar-refractivity contribution in [1.29, 1.82) is 0 Å². The molecule has 1 heterocycles. The van der Waals surface area contributed by atoms with Gasteiger partial charge in [-0.25, -0.2) is 0 Å². The molecule has 0 radical (unpaired) electrons. The normalized spacial score (nSPS) is 44.9. The fraction of sp³-hybridized carbons (Fsp3) is 0.893. The molecular weight excluding hydrogens is 396 g/mol. The van der Waals surface area contributed by atoms with E-state index >= 15 is 0 Å². The number of hydrogen-bond donors (Lipinski definition) is 1. The van der Waals surface area contributed by atoms with E-state index in [1.165, 1.54) is 76.6 Å². The van der Waals surface area contributed by atoms with Gasteiger partial charge in [-0.15, -0.1) is 0 Å². The average molecular weight is 443 g/mol. The predicted molar refractivity (Wildman–Crippen MR) is 131 cm³/mol. The Morgan fingerprint density at radius 1 is 1.09 bits per heavy atom. The first kappa shape index (κ1) is 22.9. The van der Waals surface area contributed by atoms with Gasteiger partial charge in [-0.2, -0.15) is 0 Å². The predicted octanol–water partition coefficient (Wildman–Crippen LogP) is 5.80. The molecule has 7 unspecified atom stereocenters. The number of rotatable bonds is 5. The molecule has 0 aromatic carbocycles. The van der Waals surface area contributed by atoms with Crippen LogP contribution in [0, 0.1) is 34.5 Å². The lowest BCUT2D eigenvalue weighted by atomic mass is 9.47. The Balaban J connectivity index is 1.23. The zero-order chi connectivity index (χ0) is 22.3. The summed E-state index contributed by atoms with van der Waals surface area (Å²) in [6.07, 6.45) is 16.1. The van der Waals surface area contributed by atoms with E-state index in [0.29, 0.717) is 16.7 Å². The van der Waals surface area contributed by atoms with Crippen molar-refractivity contribution in [3.05, 3.63) is 11.6 Å². The maximum atomic E-state index is 10.2. The van der Waals surface area contributed by atoms with Crippen molar-refractivity contribution in [1.82, 2.24) is 4.90 Å². The summed E-state index contributed by atoms with van der Waals surface area (Å²) in [4.78, 5) is 8.38. The van der Waals surface area contributed by atoms with Gasteiger partial charge in [-0.3, -0.25) is 4.90 Å². The lowest BCUT2D eigenvalue weighted by molar-refractivity contribution is -0.0427. The van der Waals surface area contributed by atoms with Crippen molar-refractivity contribution >= 4 is 5.71 Å². The highest BCUT2D eigenvalue weighted by Gasteiger charge is 2.59. The monoisotopic (exact) mass is 442 g/mol. The minimum Gasteiger partial charge on any atom is -0.394 e. The van der Waals surface area contributed by atoms with E-state index in [0.717, 1.165) is 43.7 Å². The highest BCUT2D eigenvalue weighted by molar-refractivity contribution is 5.85. The van der Waals surface area contributed by atoms with E-state index < -0.39 is 0 Å². The number of piperidine rings is 1. The molecule has 0 aromatic heterocycles. The summed E-state index contributed by atoms with van der Waals surface area (Å²) in [6, 6.07) is 0. The van der Waals surface area contributed by atoms with Crippen LogP contribution in [0.3, 0.4) is 0 Å². The molecule has 1 saturated heterocycles. The largest absolute Gasteiger partial charge is 0.394 e. The van der Waals surface area contributed by atoms with Gasteiger partial charge in [0.2, 0.25) is 0 Å². The minimum atomic E-state index is -0.107. The molecule has 4 nitrogen and oxygen atoms in total. The zero-order valence-corrected chi connectivity index (χ0v) is 20.8. The molecule has 0 spiro atoms. The Morgan fingerprint density at radius 2 is 1.91 bits per heavy atom. The summed E-state index contributed by atoms with van der Waals surface area (Å²) in [5.74, 6) is 3.02. The van der Waals surface area contributed by atoms with E-state index in [4.69, 9.17) is 4.84 Å². The molecule has 5 rings (SSSR count). The van der Waals surface area contributed by atoms with Gasteiger partial charge in [-0.05, 0) is 113 Å². The second-order valence-electron chi connectivity index (χ2n) is 12.3. The number of likely N-dealkylation sites (tertiary alicyclic amines) is 1. The van der Waals surface area contributed by atoms with Crippen molar-refractivity contribution < 1.29 is 9.94 Å². The van der Waals surface area contributed by atoms with Gasteiger partial charge in [-0.1, -0.05) is 37.1 Å². The molecule has 0 bridgehead atoms. The van der Waals surface area contributed by atoms with E-state index in [1.54, 1.807) is 5.57 Å². The molecule has 4 fully saturated rings. The molecule has 0 aromatic rings. The summed E-state index contributed by atoms with van der Waals surface area (Å²) in [5, 5.41) is 14.9. The quantitative estimate of drug-likeness (QED) is 0.253. The number of aliphatic hydroxyl groups is 1. The lowest BCUT2D eigenvalue weighted by Gasteiger charge is -2.58. The number of oxime groups is 1. The maximum absolute atomic E-state index is 10.2. The molecule has 1 N–H and O–H groups in total. The number of nitrogens with zero attached hydrogens (tertiary/aromatic N) is 2. The summed E-state index contributed by atoms with van der Waals surface area (Å²) >= 11 is 0. The van der Waals surface area contributed by atoms with E-state index in [1.807, 2.05) is 0 Å². The SMILES string of the molecule is CC(=NOCCN1CCCCC1)C1CCC2C3CC=C4CC(O)CCC4(C)C3CCC12C. The van der Waals surface area contributed by atoms with Crippen LogP contribution in [0.4, 0.5) is 0 Å². The Hall–Kier alpha value is -0.870.